The van der Waals surface area contributed by atoms with Gasteiger partial charge in [-0.15, -0.1) is 0 Å². The molecule has 1 unspecified atom stereocenters. The number of nitrogens with zero attached hydrogens (tertiary/aromatic N) is 5. The van der Waals surface area contributed by atoms with Crippen molar-refractivity contribution in [1.29, 1.82) is 0 Å². The topological polar surface area (TPSA) is 127 Å². The van der Waals surface area contributed by atoms with E-state index < -0.39 is 80.4 Å². The summed E-state index contributed by atoms with van der Waals surface area (Å²) in [5.41, 5.74) is 0.406. The molecule has 4 aromatic carbocycles. The molecule has 12 nitrogen and oxygen atoms in total. The van der Waals surface area contributed by atoms with Gasteiger partial charge in [0.25, 0.3) is 5.91 Å². The number of ether oxygens (including phenoxy) is 4. The number of hydrogen-bond acceptors (Lipinski definition) is 10. The first kappa shape index (κ1) is 53.1. The second-order valence-corrected chi connectivity index (χ2v) is 22.5. The highest BCUT2D eigenvalue weighted by Gasteiger charge is 2.45. The van der Waals surface area contributed by atoms with Gasteiger partial charge in [-0.1, -0.05) is 112 Å². The third-order valence-electron chi connectivity index (χ3n) is 13.1. The van der Waals surface area contributed by atoms with E-state index in [2.05, 4.69) is 5.10 Å². The minimum absolute atomic E-state index is 0.00717. The normalized spacial score (nSPS) is 15.4. The summed E-state index contributed by atoms with van der Waals surface area (Å²) in [4.78, 5) is 38.5. The number of hydrogen-bond donors (Lipinski definition) is 0. The molecule has 1 fully saturated rings. The number of amides is 1. The van der Waals surface area contributed by atoms with Crippen molar-refractivity contribution in [3.8, 4) is 17.8 Å². The molecule has 1 amide bonds. The van der Waals surface area contributed by atoms with Gasteiger partial charge in [0.05, 0.1) is 43.0 Å². The molecule has 0 radical (unpaired) electrons. The van der Waals surface area contributed by atoms with Gasteiger partial charge < -0.3 is 28.3 Å². The van der Waals surface area contributed by atoms with Crippen LogP contribution in [0.15, 0.2) is 115 Å². The molecule has 0 spiro atoms. The maximum atomic E-state index is 15.5. The van der Waals surface area contributed by atoms with Crippen molar-refractivity contribution in [2.75, 3.05) is 13.2 Å². The third kappa shape index (κ3) is 13.6. The van der Waals surface area contributed by atoms with Crippen molar-refractivity contribution in [1.82, 2.24) is 24.6 Å². The zero-order valence-electron chi connectivity index (χ0n) is 40.9. The Morgan fingerprint density at radius 3 is 1.68 bits per heavy atom. The molecule has 0 bridgehead atoms. The summed E-state index contributed by atoms with van der Waals surface area (Å²) >= 11 is 0. The van der Waals surface area contributed by atoms with Gasteiger partial charge in [0.1, 0.15) is 37.0 Å². The number of rotatable bonds is 23. The summed E-state index contributed by atoms with van der Waals surface area (Å²) in [6.45, 7) is 6.86. The predicted octanol–water partition coefficient (Wildman–Crippen LogP) is 12.4. The van der Waals surface area contributed by atoms with Crippen molar-refractivity contribution < 1.29 is 54.9 Å². The molecule has 1 aliphatic carbocycles. The first-order valence-electron chi connectivity index (χ1n) is 24.4. The third-order valence-corrected chi connectivity index (χ3v) is 17.7. The van der Waals surface area contributed by atoms with Crippen LogP contribution in [0.2, 0.25) is 18.1 Å². The summed E-state index contributed by atoms with van der Waals surface area (Å²) in [5.74, 6) is -4.00. The van der Waals surface area contributed by atoms with Crippen molar-refractivity contribution in [3.63, 3.8) is 0 Å². The predicted molar refractivity (Wildman–Crippen MR) is 261 cm³/mol. The average molecular weight is 1010 g/mol. The largest absolute Gasteiger partial charge is 0.472 e. The summed E-state index contributed by atoms with van der Waals surface area (Å²) in [6, 6.07) is 31.5. The molecule has 7 rings (SSSR count). The Balaban J connectivity index is 1.39. The molecule has 0 N–H and O–H groups in total. The van der Waals surface area contributed by atoms with Crippen molar-refractivity contribution >= 4 is 20.2 Å². The number of carbonyl (C=O) groups is 2. The average Bonchev–Trinajstić information content (AvgIpc) is 3.85. The van der Waals surface area contributed by atoms with Crippen LogP contribution in [0.3, 0.4) is 0 Å². The van der Waals surface area contributed by atoms with Crippen LogP contribution in [0.1, 0.15) is 109 Å². The van der Waals surface area contributed by atoms with E-state index >= 15 is 18.0 Å². The fourth-order valence-electron chi connectivity index (χ4n) is 9.04. The summed E-state index contributed by atoms with van der Waals surface area (Å²) in [6.07, 6.45) is -4.60. The zero-order valence-corrected chi connectivity index (χ0v) is 41.9. The van der Waals surface area contributed by atoms with Crippen LogP contribution in [0.25, 0.3) is 0 Å². The van der Waals surface area contributed by atoms with E-state index in [1.54, 1.807) is 6.92 Å². The van der Waals surface area contributed by atoms with Gasteiger partial charge in [-0.25, -0.2) is 8.78 Å². The molecule has 1 aliphatic rings. The Hall–Kier alpha value is -6.66. The highest BCUT2D eigenvalue weighted by molar-refractivity contribution is 6.73. The molecular weight excluding hydrogens is 954 g/mol. The van der Waals surface area contributed by atoms with Gasteiger partial charge in [-0.05, 0) is 85.1 Å². The summed E-state index contributed by atoms with van der Waals surface area (Å²) in [7, 11) is -2.81. The molecule has 0 saturated heterocycles. The van der Waals surface area contributed by atoms with Crippen LogP contribution in [-0.2, 0) is 46.5 Å². The Morgan fingerprint density at radius 1 is 0.708 bits per heavy atom. The quantitative estimate of drug-likeness (QED) is 0.0348. The lowest BCUT2D eigenvalue weighted by atomic mass is 9.86. The molecule has 1 atom stereocenters. The van der Waals surface area contributed by atoms with Crippen LogP contribution in [0.5, 0.6) is 17.8 Å². The molecular formula is C54H60F5N5O7Si. The molecule has 6 aromatic rings. The second-order valence-electron chi connectivity index (χ2n) is 17.8. The monoisotopic (exact) mass is 1010 g/mol. The van der Waals surface area contributed by atoms with E-state index in [1.165, 1.54) is 0 Å². The van der Waals surface area contributed by atoms with Crippen LogP contribution < -0.4 is 14.2 Å². The van der Waals surface area contributed by atoms with Crippen LogP contribution in [-0.4, -0.2) is 58.0 Å². The Kier molecular flexibility index (Phi) is 18.2. The van der Waals surface area contributed by atoms with E-state index in [4.69, 9.17) is 33.3 Å². The number of alkyl halides is 3. The van der Waals surface area contributed by atoms with Crippen LogP contribution in [0, 0.1) is 17.6 Å². The van der Waals surface area contributed by atoms with Crippen molar-refractivity contribution in [3.05, 3.63) is 166 Å². The van der Waals surface area contributed by atoms with E-state index in [0.717, 1.165) is 44.6 Å². The van der Waals surface area contributed by atoms with E-state index in [1.807, 2.05) is 112 Å². The Morgan fingerprint density at radius 2 is 1.21 bits per heavy atom. The van der Waals surface area contributed by atoms with Gasteiger partial charge in [0, 0.05) is 12.6 Å². The minimum atomic E-state index is -5.08. The first-order valence-corrected chi connectivity index (χ1v) is 26.9. The number of aromatic nitrogens is 4. The lowest BCUT2D eigenvalue weighted by Crippen LogP contribution is -2.42. The van der Waals surface area contributed by atoms with E-state index in [9.17, 15) is 13.6 Å². The maximum absolute atomic E-state index is 15.5. The highest BCUT2D eigenvalue weighted by Crippen LogP contribution is 2.43. The zero-order chi connectivity index (χ0) is 51.3. The number of halogens is 5. The van der Waals surface area contributed by atoms with Crippen LogP contribution >= 0.6 is 0 Å². The van der Waals surface area contributed by atoms with E-state index in [0.29, 0.717) is 24.2 Å². The molecule has 0 aliphatic heterocycles. The Bertz CT molecular complexity index is 2610. The SMILES string of the molecule is CCOC(=O)C1CCC(n2ncc(C(=O)N(Cc3cc(F)cc(F)c3)CC(O[Si](CC)(CC)CC)c3c(OCc4ccccc4)nc(OCc4ccccc4)nc3OCc3ccccc3)c2C(F)(F)F)CC1. The van der Waals surface area contributed by atoms with Gasteiger partial charge >= 0.3 is 18.2 Å². The number of carbonyl (C=O) groups excluding carboxylic acids is 2. The van der Waals surface area contributed by atoms with Gasteiger partial charge in [0.15, 0.2) is 14.0 Å². The fourth-order valence-corrected chi connectivity index (χ4v) is 11.8. The Labute approximate surface area is 417 Å². The van der Waals surface area contributed by atoms with Gasteiger partial charge in [-0.3, -0.25) is 14.3 Å². The fraction of sp³-hybridized carbons (Fsp3) is 0.389. The molecule has 2 heterocycles. The smallest absolute Gasteiger partial charge is 0.433 e. The van der Waals surface area contributed by atoms with E-state index in [-0.39, 0.29) is 81.0 Å². The number of esters is 1. The molecule has 18 heteroatoms. The molecule has 2 aromatic heterocycles. The lowest BCUT2D eigenvalue weighted by molar-refractivity contribution is -0.151. The molecule has 382 valence electrons. The summed E-state index contributed by atoms with van der Waals surface area (Å²) < 4.78 is 109. The first-order chi connectivity index (χ1) is 34.7. The number of benzene rings is 4. The minimum Gasteiger partial charge on any atom is -0.472 e. The van der Waals surface area contributed by atoms with Crippen molar-refractivity contribution in [2.24, 2.45) is 5.92 Å². The standard InChI is InChI=1S/C54H60F5N5O7Si/c1-5-67-52(66)41-24-26-44(27-25-41)64-48(54(57,58)59)45(31-60-64)51(65)63(32-40-28-42(55)30-43(56)29-40)33-46(71-72(6-2,7-3)8-4)47-49(68-34-37-18-12-9-13-19-37)61-53(70-36-39-22-16-11-17-23-39)62-50(47)69-35-38-20-14-10-15-21-38/h9-23,28-31,41,44,46H,5-8,24-27,32-36H2,1-4H3. The lowest BCUT2D eigenvalue weighted by Gasteiger charge is -2.37. The van der Waals surface area contributed by atoms with Gasteiger partial charge in [0.2, 0.25) is 11.8 Å². The van der Waals surface area contributed by atoms with Crippen molar-refractivity contribution in [2.45, 2.75) is 116 Å². The van der Waals surface area contributed by atoms with Crippen LogP contribution in [0.4, 0.5) is 22.0 Å². The molecule has 72 heavy (non-hydrogen) atoms. The maximum Gasteiger partial charge on any atom is 0.433 e. The highest BCUT2D eigenvalue weighted by atomic mass is 28.4. The summed E-state index contributed by atoms with van der Waals surface area (Å²) in [5, 5.41) is 4.19. The molecule has 1 saturated carbocycles. The second kappa shape index (κ2) is 24.6. The van der Waals surface area contributed by atoms with Gasteiger partial charge in [-0.2, -0.15) is 28.2 Å².